The van der Waals surface area contributed by atoms with E-state index in [-0.39, 0.29) is 85.4 Å². The van der Waals surface area contributed by atoms with Crippen molar-refractivity contribution in [1.29, 1.82) is 0 Å². The van der Waals surface area contributed by atoms with Gasteiger partial charge in [-0.25, -0.2) is 0 Å². The summed E-state index contributed by atoms with van der Waals surface area (Å²) in [5.41, 5.74) is 0. The normalized spacial score (nSPS) is 3.38. The Kier molecular flexibility index (Phi) is 90.7. The zero-order valence-corrected chi connectivity index (χ0v) is 9.03. The molecule has 0 amide bonds. The molecular weight excluding hydrogens is 154 g/mol. The Morgan fingerprint density at radius 2 is 1.25 bits per heavy atom. The first kappa shape index (κ1) is 31.8. The minimum atomic E-state index is -2.67. The molecule has 0 aliphatic rings. The molecule has 0 rings (SSSR count). The number of rotatable bonds is 0. The van der Waals surface area contributed by atoms with E-state index in [2.05, 4.69) is 0 Å². The van der Waals surface area contributed by atoms with Crippen molar-refractivity contribution >= 4 is 30.4 Å². The van der Waals surface area contributed by atoms with E-state index in [1.165, 1.54) is 0 Å². The standard InChI is InChI=1S/BHO3.K.Mg.2H2O/c2-1(3)4;;;;/h2H;;;2*1H2/q-2;+1;+2;;/p-1. The molecule has 0 saturated carbocycles. The van der Waals surface area contributed by atoms with Gasteiger partial charge in [-0.1, -0.05) is 0 Å². The van der Waals surface area contributed by atoms with Crippen molar-refractivity contribution in [2.75, 3.05) is 0 Å². The molecule has 0 atom stereocenters. The molecule has 0 bridgehead atoms. The second-order valence-corrected chi connectivity index (χ2v) is 0.307. The summed E-state index contributed by atoms with van der Waals surface area (Å²) in [7, 11) is -2.67. The Morgan fingerprint density at radius 1 is 1.25 bits per heavy atom. The molecule has 4 N–H and O–H groups in total. The molecule has 0 saturated heterocycles. The van der Waals surface area contributed by atoms with E-state index in [0.29, 0.717) is 0 Å². The van der Waals surface area contributed by atoms with Crippen LogP contribution in [0.3, 0.4) is 0 Å². The first-order chi connectivity index (χ1) is 1.73. The fourth-order valence-corrected chi connectivity index (χ4v) is 0. The van der Waals surface area contributed by atoms with E-state index in [1.807, 2.05) is 0 Å². The zero-order valence-electron chi connectivity index (χ0n) is 4.50. The molecule has 0 aromatic carbocycles. The largest absolute Gasteiger partial charge is 2.00 e. The van der Waals surface area contributed by atoms with Gasteiger partial charge < -0.3 is 26.0 Å². The molecular formula is H4BKMgO5. The van der Waals surface area contributed by atoms with E-state index in [0.717, 1.165) is 0 Å². The maximum Gasteiger partial charge on any atom is 2.00 e. The van der Waals surface area contributed by atoms with Gasteiger partial charge >= 0.3 is 74.4 Å². The first-order valence-corrected chi connectivity index (χ1v) is 0.730. The quantitative estimate of drug-likeness (QED) is 0.351. The van der Waals surface area contributed by atoms with Crippen LogP contribution in [0.2, 0.25) is 0 Å². The Balaban J connectivity index is -0.00000000750. The third-order valence-corrected chi connectivity index (χ3v) is 0. The Hall–Kier alpha value is 2.27. The van der Waals surface area contributed by atoms with E-state index < -0.39 is 7.32 Å². The van der Waals surface area contributed by atoms with E-state index in [9.17, 15) is 0 Å². The number of hydrogen-bond acceptors (Lipinski definition) is 4. The predicted octanol–water partition coefficient (Wildman–Crippen LogP) is -7.69. The fraction of sp³-hybridized carbons (Fsp3) is 0. The molecule has 0 heterocycles. The summed E-state index contributed by atoms with van der Waals surface area (Å²) in [5.74, 6) is 0. The van der Waals surface area contributed by atoms with Crippen LogP contribution in [-0.2, 0) is 0 Å². The zero-order chi connectivity index (χ0) is 3.58. The van der Waals surface area contributed by atoms with Gasteiger partial charge in [0.25, 0.3) is 0 Å². The molecule has 40 valence electrons. The van der Waals surface area contributed by atoms with Crippen LogP contribution >= 0.6 is 0 Å². The van der Waals surface area contributed by atoms with Crippen molar-refractivity contribution in [1.82, 2.24) is 0 Å². The van der Waals surface area contributed by atoms with Gasteiger partial charge in [-0.15, -0.1) is 0 Å². The molecule has 0 unspecified atom stereocenters. The van der Waals surface area contributed by atoms with Gasteiger partial charge in [0.15, 0.2) is 0 Å². The third-order valence-electron chi connectivity index (χ3n) is 0. The van der Waals surface area contributed by atoms with Crippen LogP contribution in [-0.4, -0.2) is 46.4 Å². The Bertz CT molecular complexity index is 17.1. The molecule has 0 aromatic rings. The summed E-state index contributed by atoms with van der Waals surface area (Å²) >= 11 is 0. The minimum Gasteiger partial charge on any atom is -0.871 e. The SMILES string of the molecule is O.[K+].[Mg+2].[O-]B([O-])O.[OH-]. The van der Waals surface area contributed by atoms with Crippen molar-refractivity contribution in [3.8, 4) is 0 Å². The van der Waals surface area contributed by atoms with Crippen molar-refractivity contribution < 1.29 is 77.4 Å². The molecule has 0 radical (unpaired) electrons. The molecule has 8 heteroatoms. The van der Waals surface area contributed by atoms with Gasteiger partial charge in [0.2, 0.25) is 0 Å². The van der Waals surface area contributed by atoms with Gasteiger partial charge in [0, 0.05) is 0 Å². The summed E-state index contributed by atoms with van der Waals surface area (Å²) in [6.07, 6.45) is 0. The van der Waals surface area contributed by atoms with E-state index in [4.69, 9.17) is 15.1 Å². The molecule has 5 nitrogen and oxygen atoms in total. The summed E-state index contributed by atoms with van der Waals surface area (Å²) in [5, 5.41) is 24.0. The first-order valence-electron chi connectivity index (χ1n) is 0.730. The van der Waals surface area contributed by atoms with Crippen molar-refractivity contribution in [2.24, 2.45) is 0 Å². The Labute approximate surface area is 106 Å². The topological polar surface area (TPSA) is 128 Å². The van der Waals surface area contributed by atoms with Crippen LogP contribution in [0, 0.1) is 0 Å². The predicted molar refractivity (Wildman–Crippen MR) is 19.3 cm³/mol. The molecule has 0 aromatic heterocycles. The second kappa shape index (κ2) is 22.8. The molecule has 8 heavy (non-hydrogen) atoms. The number of hydrogen-bond donors (Lipinski definition) is 1. The molecule has 0 aliphatic carbocycles. The summed E-state index contributed by atoms with van der Waals surface area (Å²) in [6, 6.07) is 0. The summed E-state index contributed by atoms with van der Waals surface area (Å²) in [6.45, 7) is 0. The van der Waals surface area contributed by atoms with Crippen LogP contribution < -0.4 is 61.4 Å². The average molecular weight is 158 g/mol. The Morgan fingerprint density at radius 3 is 1.25 bits per heavy atom. The van der Waals surface area contributed by atoms with Gasteiger partial charge in [0.1, 0.15) is 0 Å². The van der Waals surface area contributed by atoms with Crippen molar-refractivity contribution in [3.63, 3.8) is 0 Å². The van der Waals surface area contributed by atoms with Crippen LogP contribution in [0.5, 0.6) is 0 Å². The van der Waals surface area contributed by atoms with Crippen molar-refractivity contribution in [3.05, 3.63) is 0 Å². The maximum atomic E-state index is 8.53. The average Bonchev–Trinajstić information content (AvgIpc) is 0.811. The minimum absolute atomic E-state index is 0. The smallest absolute Gasteiger partial charge is 0.871 e. The van der Waals surface area contributed by atoms with E-state index in [1.54, 1.807) is 0 Å². The summed E-state index contributed by atoms with van der Waals surface area (Å²) < 4.78 is 0. The second-order valence-electron chi connectivity index (χ2n) is 0.307. The van der Waals surface area contributed by atoms with E-state index >= 15 is 0 Å². The van der Waals surface area contributed by atoms with Crippen LogP contribution in [0.4, 0.5) is 0 Å². The van der Waals surface area contributed by atoms with Crippen LogP contribution in [0.15, 0.2) is 0 Å². The molecule has 0 fully saturated rings. The van der Waals surface area contributed by atoms with Crippen LogP contribution in [0.25, 0.3) is 0 Å². The van der Waals surface area contributed by atoms with Gasteiger partial charge in [-0.2, -0.15) is 0 Å². The monoisotopic (exact) mass is 158 g/mol. The fourth-order valence-electron chi connectivity index (χ4n) is 0. The summed E-state index contributed by atoms with van der Waals surface area (Å²) in [4.78, 5) is 0. The van der Waals surface area contributed by atoms with Crippen molar-refractivity contribution in [2.45, 2.75) is 0 Å². The van der Waals surface area contributed by atoms with Gasteiger partial charge in [-0.3, -0.25) is 0 Å². The van der Waals surface area contributed by atoms with Crippen LogP contribution in [0.1, 0.15) is 0 Å². The molecule has 0 spiro atoms. The van der Waals surface area contributed by atoms with Gasteiger partial charge in [0.05, 0.1) is 7.32 Å². The third kappa shape index (κ3) is 84.9. The molecule has 0 aliphatic heterocycles. The maximum absolute atomic E-state index is 8.53. The van der Waals surface area contributed by atoms with Gasteiger partial charge in [-0.05, 0) is 0 Å².